The summed E-state index contributed by atoms with van der Waals surface area (Å²) in [5, 5.41) is 0. The van der Waals surface area contributed by atoms with Crippen molar-refractivity contribution in [3.8, 4) is 0 Å². The van der Waals surface area contributed by atoms with Crippen LogP contribution in [0.15, 0.2) is 24.3 Å². The number of anilines is 1. The van der Waals surface area contributed by atoms with Crippen molar-refractivity contribution in [1.82, 2.24) is 14.7 Å². The van der Waals surface area contributed by atoms with E-state index in [1.165, 1.54) is 0 Å². The van der Waals surface area contributed by atoms with Gasteiger partial charge in [0.25, 0.3) is 5.91 Å². The molecule has 132 valence electrons. The zero-order valence-corrected chi connectivity index (χ0v) is 15.2. The Hall–Kier alpha value is -2.08. The molecule has 0 unspecified atom stereocenters. The van der Waals surface area contributed by atoms with Crippen LogP contribution in [-0.4, -0.2) is 87.4 Å². The Morgan fingerprint density at radius 1 is 1.00 bits per heavy atom. The van der Waals surface area contributed by atoms with Gasteiger partial charge in [0, 0.05) is 64.5 Å². The van der Waals surface area contributed by atoms with Gasteiger partial charge >= 0.3 is 0 Å². The van der Waals surface area contributed by atoms with Crippen LogP contribution < -0.4 is 4.90 Å². The van der Waals surface area contributed by atoms with Crippen molar-refractivity contribution in [3.05, 3.63) is 29.8 Å². The van der Waals surface area contributed by atoms with E-state index in [1.807, 2.05) is 72.1 Å². The molecule has 1 heterocycles. The lowest BCUT2D eigenvalue weighted by atomic mass is 10.1. The molecular weight excluding hydrogens is 304 g/mol. The fourth-order valence-corrected chi connectivity index (χ4v) is 2.74. The number of hydrogen-bond donors (Lipinski definition) is 0. The molecule has 2 rings (SSSR count). The van der Waals surface area contributed by atoms with Crippen molar-refractivity contribution in [2.45, 2.75) is 6.42 Å². The van der Waals surface area contributed by atoms with Crippen LogP contribution >= 0.6 is 0 Å². The van der Waals surface area contributed by atoms with Crippen LogP contribution in [0.4, 0.5) is 5.69 Å². The van der Waals surface area contributed by atoms with Gasteiger partial charge in [-0.1, -0.05) is 6.07 Å². The third-order valence-electron chi connectivity index (χ3n) is 4.30. The molecule has 6 nitrogen and oxygen atoms in total. The van der Waals surface area contributed by atoms with Crippen LogP contribution in [-0.2, 0) is 4.79 Å². The molecule has 0 bridgehead atoms. The zero-order valence-electron chi connectivity index (χ0n) is 15.2. The molecule has 0 aromatic heterocycles. The fourth-order valence-electron chi connectivity index (χ4n) is 2.74. The van der Waals surface area contributed by atoms with Gasteiger partial charge in [0.2, 0.25) is 5.91 Å². The Bertz CT molecular complexity index is 578. The van der Waals surface area contributed by atoms with Gasteiger partial charge in [0.15, 0.2) is 0 Å². The molecule has 1 aromatic carbocycles. The average molecular weight is 332 g/mol. The van der Waals surface area contributed by atoms with Crippen molar-refractivity contribution in [1.29, 1.82) is 0 Å². The number of amides is 2. The molecule has 0 atom stereocenters. The quantitative estimate of drug-likeness (QED) is 0.807. The normalized spacial score (nSPS) is 14.9. The van der Waals surface area contributed by atoms with E-state index in [1.54, 1.807) is 0 Å². The van der Waals surface area contributed by atoms with E-state index in [0.29, 0.717) is 38.2 Å². The molecule has 1 fully saturated rings. The van der Waals surface area contributed by atoms with E-state index in [-0.39, 0.29) is 11.8 Å². The van der Waals surface area contributed by atoms with Gasteiger partial charge in [-0.05, 0) is 32.3 Å². The number of carbonyl (C=O) groups excluding carboxylic acids is 2. The summed E-state index contributed by atoms with van der Waals surface area (Å²) in [6.45, 7) is 3.18. The first-order valence-electron chi connectivity index (χ1n) is 8.37. The summed E-state index contributed by atoms with van der Waals surface area (Å²) in [6, 6.07) is 7.66. The standard InChI is InChI=1S/C18H28N4O2/c1-19(2)9-8-17(23)21-10-12-22(13-11-21)18(24)15-6-5-7-16(14-15)20(3)4/h5-7,14H,8-13H2,1-4H3. The topological polar surface area (TPSA) is 47.1 Å². The summed E-state index contributed by atoms with van der Waals surface area (Å²) in [5.74, 6) is 0.212. The molecule has 0 N–H and O–H groups in total. The maximum Gasteiger partial charge on any atom is 0.254 e. The van der Waals surface area contributed by atoms with Gasteiger partial charge in [-0.3, -0.25) is 9.59 Å². The first kappa shape index (κ1) is 18.3. The molecule has 1 aliphatic heterocycles. The van der Waals surface area contributed by atoms with Gasteiger partial charge in [0.1, 0.15) is 0 Å². The number of carbonyl (C=O) groups is 2. The molecule has 6 heteroatoms. The van der Waals surface area contributed by atoms with Crippen LogP contribution in [0.25, 0.3) is 0 Å². The molecule has 1 saturated heterocycles. The second kappa shape index (κ2) is 8.15. The van der Waals surface area contributed by atoms with E-state index in [0.717, 1.165) is 12.2 Å². The van der Waals surface area contributed by atoms with Crippen molar-refractivity contribution < 1.29 is 9.59 Å². The third-order valence-corrected chi connectivity index (χ3v) is 4.30. The van der Waals surface area contributed by atoms with E-state index in [2.05, 4.69) is 0 Å². The van der Waals surface area contributed by atoms with Gasteiger partial charge in [0.05, 0.1) is 0 Å². The van der Waals surface area contributed by atoms with Crippen LogP contribution in [0.5, 0.6) is 0 Å². The first-order chi connectivity index (χ1) is 11.4. The summed E-state index contributed by atoms with van der Waals surface area (Å²) < 4.78 is 0. The Balaban J connectivity index is 1.91. The summed E-state index contributed by atoms with van der Waals surface area (Å²) >= 11 is 0. The highest BCUT2D eigenvalue weighted by Crippen LogP contribution is 2.16. The minimum Gasteiger partial charge on any atom is -0.378 e. The smallest absolute Gasteiger partial charge is 0.254 e. The van der Waals surface area contributed by atoms with Gasteiger partial charge in [-0.25, -0.2) is 0 Å². The summed E-state index contributed by atoms with van der Waals surface area (Å²) in [7, 11) is 7.85. The maximum absolute atomic E-state index is 12.7. The summed E-state index contributed by atoms with van der Waals surface area (Å²) in [4.78, 5) is 32.5. The number of hydrogen-bond acceptors (Lipinski definition) is 4. The number of rotatable bonds is 5. The largest absolute Gasteiger partial charge is 0.378 e. The molecule has 2 amide bonds. The molecule has 1 aromatic rings. The van der Waals surface area contributed by atoms with Crippen molar-refractivity contribution in [2.75, 3.05) is 65.8 Å². The van der Waals surface area contributed by atoms with Crippen LogP contribution in [0.2, 0.25) is 0 Å². The Kier molecular flexibility index (Phi) is 6.20. The number of benzene rings is 1. The fraction of sp³-hybridized carbons (Fsp3) is 0.556. The monoisotopic (exact) mass is 332 g/mol. The lowest BCUT2D eigenvalue weighted by Crippen LogP contribution is -2.50. The van der Waals surface area contributed by atoms with Crippen LogP contribution in [0.1, 0.15) is 16.8 Å². The molecule has 0 saturated carbocycles. The second-order valence-corrected chi connectivity index (χ2v) is 6.67. The third kappa shape index (κ3) is 4.71. The minimum atomic E-state index is 0.0408. The van der Waals surface area contributed by atoms with Crippen LogP contribution in [0, 0.1) is 0 Å². The highest BCUT2D eigenvalue weighted by atomic mass is 16.2. The summed E-state index contributed by atoms with van der Waals surface area (Å²) in [6.07, 6.45) is 0.534. The predicted molar refractivity (Wildman–Crippen MR) is 96.4 cm³/mol. The van der Waals surface area contributed by atoms with Crippen LogP contribution in [0.3, 0.4) is 0 Å². The number of nitrogens with zero attached hydrogens (tertiary/aromatic N) is 4. The van der Waals surface area contributed by atoms with Crippen molar-refractivity contribution in [2.24, 2.45) is 0 Å². The highest BCUT2D eigenvalue weighted by molar-refractivity contribution is 5.95. The maximum atomic E-state index is 12.7. The second-order valence-electron chi connectivity index (χ2n) is 6.67. The molecule has 1 aliphatic rings. The van der Waals surface area contributed by atoms with E-state index in [9.17, 15) is 9.59 Å². The lowest BCUT2D eigenvalue weighted by molar-refractivity contribution is -0.132. The molecule has 24 heavy (non-hydrogen) atoms. The summed E-state index contributed by atoms with van der Waals surface area (Å²) in [5.41, 5.74) is 1.71. The predicted octanol–water partition coefficient (Wildman–Crippen LogP) is 0.989. The van der Waals surface area contributed by atoms with Gasteiger partial charge in [-0.15, -0.1) is 0 Å². The van der Waals surface area contributed by atoms with E-state index >= 15 is 0 Å². The van der Waals surface area contributed by atoms with Crippen molar-refractivity contribution in [3.63, 3.8) is 0 Å². The first-order valence-corrected chi connectivity index (χ1v) is 8.37. The number of piperazine rings is 1. The van der Waals surface area contributed by atoms with E-state index < -0.39 is 0 Å². The van der Waals surface area contributed by atoms with Crippen molar-refractivity contribution >= 4 is 17.5 Å². The zero-order chi connectivity index (χ0) is 17.7. The Labute approximate surface area is 144 Å². The Morgan fingerprint density at radius 2 is 1.62 bits per heavy atom. The van der Waals surface area contributed by atoms with E-state index in [4.69, 9.17) is 0 Å². The Morgan fingerprint density at radius 3 is 2.21 bits per heavy atom. The molecule has 0 radical (unpaired) electrons. The molecule has 0 spiro atoms. The van der Waals surface area contributed by atoms with Gasteiger partial charge < -0.3 is 19.6 Å². The minimum absolute atomic E-state index is 0.0408. The molecule has 0 aliphatic carbocycles. The highest BCUT2D eigenvalue weighted by Gasteiger charge is 2.24. The van der Waals surface area contributed by atoms with Gasteiger partial charge in [-0.2, -0.15) is 0 Å². The SMILES string of the molecule is CN(C)CCC(=O)N1CCN(C(=O)c2cccc(N(C)C)c2)CC1. The molecular formula is C18H28N4O2. The lowest BCUT2D eigenvalue weighted by Gasteiger charge is -2.35. The average Bonchev–Trinajstić information content (AvgIpc) is 2.59.